The minimum absolute atomic E-state index is 0.726. The van der Waals surface area contributed by atoms with Crippen molar-refractivity contribution in [3.8, 4) is 22.4 Å². The molecule has 5 nitrogen and oxygen atoms in total. The smallest absolute Gasteiger partial charge is 0.475 e. The second kappa shape index (κ2) is 11.4. The van der Waals surface area contributed by atoms with Crippen molar-refractivity contribution in [3.63, 3.8) is 0 Å². The molecule has 194 valence electrons. The second-order valence-corrected chi connectivity index (χ2v) is 8.91. The number of anilines is 1. The molecule has 0 unspecified atom stereocenters. The quantitative estimate of drug-likeness (QED) is 0.239. The minimum Gasteiger partial charge on any atom is -0.475 e. The molecular formula is C29H23ClF3N3O2. The van der Waals surface area contributed by atoms with Crippen molar-refractivity contribution in [2.24, 2.45) is 0 Å². The van der Waals surface area contributed by atoms with Crippen LogP contribution in [0.4, 0.5) is 19.0 Å². The number of fused-ring (bicyclic) bond motifs is 1. The zero-order valence-electron chi connectivity index (χ0n) is 20.2. The topological polar surface area (TPSA) is 66.6 Å². The second-order valence-electron chi connectivity index (χ2n) is 8.48. The van der Waals surface area contributed by atoms with Crippen LogP contribution in [0.15, 0.2) is 97.2 Å². The number of aromatic nitrogens is 2. The van der Waals surface area contributed by atoms with Crippen LogP contribution in [0.3, 0.4) is 0 Å². The van der Waals surface area contributed by atoms with Crippen molar-refractivity contribution < 1.29 is 23.1 Å². The first-order valence-corrected chi connectivity index (χ1v) is 11.9. The standard InChI is InChI=1S/C27H22ClN3.C2HF3O2/c1-19-13-14-25-30-26(27(31(25)18-19)29-17-20-7-3-2-4-8-20)23-11-5-9-21(15-23)22-10-6-12-24(28)16-22;3-2(4,5)1(6)7/h2-16,18,29H,17H2,1H3;(H,6,7). The van der Waals surface area contributed by atoms with Gasteiger partial charge in [0.2, 0.25) is 0 Å². The zero-order valence-corrected chi connectivity index (χ0v) is 21.0. The van der Waals surface area contributed by atoms with E-state index in [1.807, 2.05) is 24.3 Å². The van der Waals surface area contributed by atoms with Crippen molar-refractivity contribution in [2.75, 3.05) is 5.32 Å². The fourth-order valence-electron chi connectivity index (χ4n) is 3.82. The highest BCUT2D eigenvalue weighted by Gasteiger charge is 2.38. The molecule has 0 spiro atoms. The lowest BCUT2D eigenvalue weighted by Gasteiger charge is -2.10. The number of hydrogen-bond donors (Lipinski definition) is 2. The maximum atomic E-state index is 10.6. The molecule has 0 atom stereocenters. The summed E-state index contributed by atoms with van der Waals surface area (Å²) in [5, 5.41) is 11.5. The Labute approximate surface area is 222 Å². The van der Waals surface area contributed by atoms with E-state index in [1.165, 1.54) is 11.1 Å². The third-order valence-corrected chi connectivity index (χ3v) is 5.84. The van der Waals surface area contributed by atoms with Gasteiger partial charge in [0.1, 0.15) is 17.2 Å². The summed E-state index contributed by atoms with van der Waals surface area (Å²) in [5.74, 6) is -1.77. The molecule has 38 heavy (non-hydrogen) atoms. The van der Waals surface area contributed by atoms with Crippen molar-refractivity contribution in [3.05, 3.63) is 113 Å². The van der Waals surface area contributed by atoms with Gasteiger partial charge >= 0.3 is 12.1 Å². The van der Waals surface area contributed by atoms with Crippen LogP contribution in [-0.4, -0.2) is 26.6 Å². The van der Waals surface area contributed by atoms with Crippen LogP contribution in [0.5, 0.6) is 0 Å². The van der Waals surface area contributed by atoms with Crippen molar-refractivity contribution in [1.29, 1.82) is 0 Å². The van der Waals surface area contributed by atoms with E-state index >= 15 is 0 Å². The number of aliphatic carboxylic acids is 1. The van der Waals surface area contributed by atoms with Gasteiger partial charge in [-0.05, 0) is 53.4 Å². The summed E-state index contributed by atoms with van der Waals surface area (Å²) in [5.41, 5.74) is 7.54. The molecule has 0 aliphatic rings. The Morgan fingerprint density at radius 1 is 0.921 bits per heavy atom. The number of aryl methyl sites for hydroxylation is 1. The number of hydrogen-bond acceptors (Lipinski definition) is 3. The molecule has 2 aromatic heterocycles. The molecule has 0 saturated carbocycles. The van der Waals surface area contributed by atoms with Gasteiger partial charge in [-0.1, -0.05) is 78.3 Å². The van der Waals surface area contributed by atoms with E-state index in [0.29, 0.717) is 0 Å². The highest BCUT2D eigenvalue weighted by Crippen LogP contribution is 2.33. The van der Waals surface area contributed by atoms with Gasteiger partial charge in [0, 0.05) is 23.3 Å². The van der Waals surface area contributed by atoms with Crippen LogP contribution >= 0.6 is 11.6 Å². The number of carbonyl (C=O) groups is 1. The van der Waals surface area contributed by atoms with Gasteiger partial charge in [-0.15, -0.1) is 0 Å². The summed E-state index contributed by atoms with van der Waals surface area (Å²) in [6, 6.07) is 31.0. The fraction of sp³-hybridized carbons (Fsp3) is 0.103. The SMILES string of the molecule is Cc1ccc2nc(-c3cccc(-c4cccc(Cl)c4)c3)c(NCc3ccccc3)n2c1.O=C(O)C(F)(F)F. The normalized spacial score (nSPS) is 11.1. The van der Waals surface area contributed by atoms with E-state index in [9.17, 15) is 13.2 Å². The number of benzene rings is 3. The number of carboxylic acid groups (broad SMARTS) is 1. The first-order valence-electron chi connectivity index (χ1n) is 11.5. The molecular weight excluding hydrogens is 515 g/mol. The number of nitrogens with zero attached hydrogens (tertiary/aromatic N) is 2. The lowest BCUT2D eigenvalue weighted by atomic mass is 10.0. The lowest BCUT2D eigenvalue weighted by Crippen LogP contribution is -2.21. The van der Waals surface area contributed by atoms with Crippen LogP contribution in [0, 0.1) is 6.92 Å². The molecule has 0 aliphatic carbocycles. The molecule has 2 heterocycles. The average molecular weight is 538 g/mol. The number of rotatable bonds is 5. The minimum atomic E-state index is -5.08. The highest BCUT2D eigenvalue weighted by atomic mass is 35.5. The maximum absolute atomic E-state index is 10.6. The van der Waals surface area contributed by atoms with Gasteiger partial charge < -0.3 is 10.4 Å². The zero-order chi connectivity index (χ0) is 27.3. The van der Waals surface area contributed by atoms with Crippen molar-refractivity contribution >= 4 is 29.0 Å². The molecule has 3 aromatic carbocycles. The maximum Gasteiger partial charge on any atom is 0.490 e. The molecule has 0 saturated heterocycles. The average Bonchev–Trinajstić information content (AvgIpc) is 3.25. The van der Waals surface area contributed by atoms with E-state index in [4.69, 9.17) is 26.5 Å². The molecule has 0 radical (unpaired) electrons. The molecule has 2 N–H and O–H groups in total. The van der Waals surface area contributed by atoms with Crippen LogP contribution in [0.2, 0.25) is 5.02 Å². The lowest BCUT2D eigenvalue weighted by molar-refractivity contribution is -0.192. The summed E-state index contributed by atoms with van der Waals surface area (Å²) in [6.45, 7) is 2.82. The Kier molecular flexibility index (Phi) is 8.02. The van der Waals surface area contributed by atoms with Crippen LogP contribution in [0.1, 0.15) is 11.1 Å². The first-order chi connectivity index (χ1) is 18.1. The summed E-state index contributed by atoms with van der Waals surface area (Å²) in [4.78, 5) is 13.9. The molecule has 0 bridgehead atoms. The summed E-state index contributed by atoms with van der Waals surface area (Å²) >= 11 is 6.22. The predicted octanol–water partition coefficient (Wildman–Crippen LogP) is 7.88. The highest BCUT2D eigenvalue weighted by molar-refractivity contribution is 6.30. The number of halogens is 4. The third kappa shape index (κ3) is 6.52. The van der Waals surface area contributed by atoms with E-state index in [1.54, 1.807) is 0 Å². The Morgan fingerprint density at radius 2 is 1.55 bits per heavy atom. The van der Waals surface area contributed by atoms with E-state index in [0.717, 1.165) is 45.4 Å². The first kappa shape index (κ1) is 26.8. The van der Waals surface area contributed by atoms with Gasteiger partial charge in [-0.25, -0.2) is 9.78 Å². The summed E-state index contributed by atoms with van der Waals surface area (Å²) in [6.07, 6.45) is -2.96. The van der Waals surface area contributed by atoms with Crippen LogP contribution < -0.4 is 5.32 Å². The number of alkyl halides is 3. The summed E-state index contributed by atoms with van der Waals surface area (Å²) in [7, 11) is 0. The van der Waals surface area contributed by atoms with E-state index in [2.05, 4.69) is 89.6 Å². The molecule has 0 fully saturated rings. The van der Waals surface area contributed by atoms with E-state index in [-0.39, 0.29) is 0 Å². The molecule has 9 heteroatoms. The van der Waals surface area contributed by atoms with Crippen LogP contribution in [0.25, 0.3) is 28.0 Å². The molecule has 5 rings (SSSR count). The summed E-state index contributed by atoms with van der Waals surface area (Å²) < 4.78 is 33.9. The Bertz CT molecular complexity index is 1570. The van der Waals surface area contributed by atoms with Gasteiger partial charge in [0.05, 0.1) is 0 Å². The number of carboxylic acids is 1. The van der Waals surface area contributed by atoms with Crippen molar-refractivity contribution in [2.45, 2.75) is 19.6 Å². The van der Waals surface area contributed by atoms with Crippen LogP contribution in [-0.2, 0) is 11.3 Å². The third-order valence-electron chi connectivity index (χ3n) is 5.61. The monoisotopic (exact) mass is 537 g/mol. The predicted molar refractivity (Wildman–Crippen MR) is 143 cm³/mol. The Hall–Kier alpha value is -4.30. The van der Waals surface area contributed by atoms with Crippen molar-refractivity contribution in [1.82, 2.24) is 9.38 Å². The molecule has 5 aromatic rings. The fourth-order valence-corrected chi connectivity index (χ4v) is 4.01. The van der Waals surface area contributed by atoms with Gasteiger partial charge in [0.25, 0.3) is 0 Å². The Morgan fingerprint density at radius 3 is 2.21 bits per heavy atom. The number of pyridine rings is 1. The van der Waals surface area contributed by atoms with E-state index < -0.39 is 12.1 Å². The molecule has 0 amide bonds. The van der Waals surface area contributed by atoms with Gasteiger partial charge in [-0.2, -0.15) is 13.2 Å². The number of nitrogens with one attached hydrogen (secondary N) is 1. The number of imidazole rings is 1. The largest absolute Gasteiger partial charge is 0.490 e. The molecule has 0 aliphatic heterocycles. The van der Waals surface area contributed by atoms with Gasteiger partial charge in [-0.3, -0.25) is 4.40 Å². The Balaban J connectivity index is 0.000000426. The van der Waals surface area contributed by atoms with Gasteiger partial charge in [0.15, 0.2) is 0 Å².